The van der Waals surface area contributed by atoms with E-state index in [1.807, 2.05) is 61.5 Å². The van der Waals surface area contributed by atoms with Crippen LogP contribution in [-0.2, 0) is 11.2 Å². The Balaban J connectivity index is 1.19. The van der Waals surface area contributed by atoms with Crippen molar-refractivity contribution in [3.05, 3.63) is 90.3 Å². The molecule has 200 valence electrons. The SMILES string of the molecule is CCOc1cc(-c2nccc(-c3cc4c([nH]3)CCNC4=O)n2)ccc1OCC(=O)Nc1cccc2ccccc12. The molecule has 0 radical (unpaired) electrons. The number of fused-ring (bicyclic) bond motifs is 2. The van der Waals surface area contributed by atoms with E-state index in [9.17, 15) is 9.59 Å². The second-order valence-corrected chi connectivity index (χ2v) is 9.30. The van der Waals surface area contributed by atoms with Gasteiger partial charge in [-0.3, -0.25) is 9.59 Å². The number of aromatic amines is 1. The van der Waals surface area contributed by atoms with Gasteiger partial charge in [0.05, 0.1) is 23.6 Å². The molecule has 5 aromatic rings. The number of anilines is 1. The predicted molar refractivity (Wildman–Crippen MR) is 153 cm³/mol. The maximum Gasteiger partial charge on any atom is 0.262 e. The summed E-state index contributed by atoms with van der Waals surface area (Å²) in [6, 6.07) is 22.6. The minimum absolute atomic E-state index is 0.0826. The van der Waals surface area contributed by atoms with Crippen molar-refractivity contribution in [2.45, 2.75) is 13.3 Å². The molecule has 1 aliphatic heterocycles. The lowest BCUT2D eigenvalue weighted by molar-refractivity contribution is -0.118. The topological polar surface area (TPSA) is 118 Å². The summed E-state index contributed by atoms with van der Waals surface area (Å²) in [5.41, 5.74) is 4.44. The molecule has 0 spiro atoms. The monoisotopic (exact) mass is 533 g/mol. The minimum atomic E-state index is -0.277. The summed E-state index contributed by atoms with van der Waals surface area (Å²) in [5.74, 6) is 1.06. The Kier molecular flexibility index (Phi) is 6.84. The van der Waals surface area contributed by atoms with E-state index in [1.54, 1.807) is 24.4 Å². The smallest absolute Gasteiger partial charge is 0.262 e. The van der Waals surface area contributed by atoms with Gasteiger partial charge in [-0.2, -0.15) is 0 Å². The van der Waals surface area contributed by atoms with Gasteiger partial charge in [-0.05, 0) is 48.7 Å². The third-order valence-corrected chi connectivity index (χ3v) is 6.66. The maximum atomic E-state index is 12.7. The number of carbonyl (C=O) groups excluding carboxylic acids is 2. The first-order chi connectivity index (χ1) is 19.6. The summed E-state index contributed by atoms with van der Waals surface area (Å²) in [6.45, 7) is 2.73. The molecule has 6 rings (SSSR count). The first kappa shape index (κ1) is 25.1. The molecule has 40 heavy (non-hydrogen) atoms. The lowest BCUT2D eigenvalue weighted by Gasteiger charge is -2.14. The van der Waals surface area contributed by atoms with Crippen molar-refractivity contribution in [1.82, 2.24) is 20.3 Å². The molecular weight excluding hydrogens is 506 g/mol. The third-order valence-electron chi connectivity index (χ3n) is 6.66. The van der Waals surface area contributed by atoms with Gasteiger partial charge >= 0.3 is 0 Å². The molecule has 9 heteroatoms. The van der Waals surface area contributed by atoms with Gasteiger partial charge in [-0.15, -0.1) is 0 Å². The summed E-state index contributed by atoms with van der Waals surface area (Å²) >= 11 is 0. The molecule has 1 aliphatic rings. The van der Waals surface area contributed by atoms with Crippen molar-refractivity contribution >= 4 is 28.3 Å². The van der Waals surface area contributed by atoms with E-state index in [1.165, 1.54) is 0 Å². The summed E-state index contributed by atoms with van der Waals surface area (Å²) in [7, 11) is 0. The highest BCUT2D eigenvalue weighted by Crippen LogP contribution is 2.33. The van der Waals surface area contributed by atoms with Crippen molar-refractivity contribution in [3.63, 3.8) is 0 Å². The van der Waals surface area contributed by atoms with Gasteiger partial charge in [0, 0.05) is 41.5 Å². The van der Waals surface area contributed by atoms with Crippen LogP contribution in [0.15, 0.2) is 79.0 Å². The van der Waals surface area contributed by atoms with E-state index in [-0.39, 0.29) is 18.4 Å². The Bertz CT molecular complexity index is 1720. The van der Waals surface area contributed by atoms with Gasteiger partial charge in [-0.25, -0.2) is 9.97 Å². The summed E-state index contributed by atoms with van der Waals surface area (Å²) in [5, 5.41) is 7.80. The molecular formula is C31H27N5O4. The molecule has 2 aromatic heterocycles. The fraction of sp³-hybridized carbons (Fsp3) is 0.161. The Morgan fingerprint density at radius 3 is 2.75 bits per heavy atom. The Hall–Kier alpha value is -5.18. The van der Waals surface area contributed by atoms with Crippen molar-refractivity contribution in [1.29, 1.82) is 0 Å². The van der Waals surface area contributed by atoms with Crippen molar-refractivity contribution in [2.75, 3.05) is 25.1 Å². The van der Waals surface area contributed by atoms with Gasteiger partial charge in [0.2, 0.25) is 0 Å². The average Bonchev–Trinajstić information content (AvgIpc) is 3.43. The van der Waals surface area contributed by atoms with E-state index in [0.717, 1.165) is 39.8 Å². The molecule has 0 bridgehead atoms. The second kappa shape index (κ2) is 10.9. The molecule has 0 saturated carbocycles. The van der Waals surface area contributed by atoms with E-state index in [4.69, 9.17) is 14.5 Å². The van der Waals surface area contributed by atoms with Gasteiger partial charge < -0.3 is 25.1 Å². The molecule has 9 nitrogen and oxygen atoms in total. The van der Waals surface area contributed by atoms with Crippen LogP contribution in [0.5, 0.6) is 11.5 Å². The number of amides is 2. The van der Waals surface area contributed by atoms with Crippen LogP contribution in [0, 0.1) is 0 Å². The van der Waals surface area contributed by atoms with Gasteiger partial charge in [0.15, 0.2) is 23.9 Å². The highest BCUT2D eigenvalue weighted by molar-refractivity contribution is 6.02. The van der Waals surface area contributed by atoms with Gasteiger partial charge in [0.1, 0.15) is 0 Å². The van der Waals surface area contributed by atoms with Crippen molar-refractivity contribution in [2.24, 2.45) is 0 Å². The number of nitrogens with zero attached hydrogens (tertiary/aromatic N) is 2. The molecule has 3 aromatic carbocycles. The van der Waals surface area contributed by atoms with Crippen LogP contribution in [0.2, 0.25) is 0 Å². The highest BCUT2D eigenvalue weighted by Gasteiger charge is 2.21. The fourth-order valence-electron chi connectivity index (χ4n) is 4.78. The van der Waals surface area contributed by atoms with Crippen molar-refractivity contribution < 1.29 is 19.1 Å². The fourth-order valence-corrected chi connectivity index (χ4v) is 4.78. The predicted octanol–water partition coefficient (Wildman–Crippen LogP) is 4.99. The largest absolute Gasteiger partial charge is 0.490 e. The van der Waals surface area contributed by atoms with Crippen LogP contribution in [0.4, 0.5) is 5.69 Å². The lowest BCUT2D eigenvalue weighted by Crippen LogP contribution is -2.31. The zero-order valence-electron chi connectivity index (χ0n) is 21.9. The molecule has 0 unspecified atom stereocenters. The molecule has 0 saturated heterocycles. The molecule has 3 N–H and O–H groups in total. The first-order valence-electron chi connectivity index (χ1n) is 13.1. The van der Waals surface area contributed by atoms with Crippen LogP contribution in [0.25, 0.3) is 33.5 Å². The van der Waals surface area contributed by atoms with Crippen LogP contribution in [-0.4, -0.2) is 46.5 Å². The van der Waals surface area contributed by atoms with Crippen LogP contribution >= 0.6 is 0 Å². The van der Waals surface area contributed by atoms with Crippen LogP contribution in [0.1, 0.15) is 23.0 Å². The van der Waals surface area contributed by atoms with Crippen LogP contribution < -0.4 is 20.1 Å². The zero-order chi connectivity index (χ0) is 27.5. The number of ether oxygens (including phenoxy) is 2. The normalized spacial score (nSPS) is 12.5. The second-order valence-electron chi connectivity index (χ2n) is 9.30. The highest BCUT2D eigenvalue weighted by atomic mass is 16.5. The average molecular weight is 534 g/mol. The van der Waals surface area contributed by atoms with Gasteiger partial charge in [-0.1, -0.05) is 36.4 Å². The molecule has 0 atom stereocenters. The van der Waals surface area contributed by atoms with Crippen molar-refractivity contribution in [3.8, 4) is 34.3 Å². The number of rotatable bonds is 8. The Morgan fingerprint density at radius 2 is 1.88 bits per heavy atom. The quantitative estimate of drug-likeness (QED) is 0.259. The third kappa shape index (κ3) is 5.09. The number of hydrogen-bond acceptors (Lipinski definition) is 6. The molecule has 0 aliphatic carbocycles. The molecule has 0 fully saturated rings. The maximum absolute atomic E-state index is 12.7. The van der Waals surface area contributed by atoms with Gasteiger partial charge in [0.25, 0.3) is 11.8 Å². The number of aromatic nitrogens is 3. The van der Waals surface area contributed by atoms with E-state index in [0.29, 0.717) is 41.7 Å². The minimum Gasteiger partial charge on any atom is -0.490 e. The number of H-pyrrole nitrogens is 1. The van der Waals surface area contributed by atoms with Crippen LogP contribution in [0.3, 0.4) is 0 Å². The lowest BCUT2D eigenvalue weighted by atomic mass is 10.1. The van der Waals surface area contributed by atoms with E-state index >= 15 is 0 Å². The summed E-state index contributed by atoms with van der Waals surface area (Å²) < 4.78 is 11.7. The van der Waals surface area contributed by atoms with E-state index < -0.39 is 0 Å². The Morgan fingerprint density at radius 1 is 1.00 bits per heavy atom. The number of hydrogen-bond donors (Lipinski definition) is 3. The number of benzene rings is 3. The van der Waals surface area contributed by atoms with E-state index in [2.05, 4.69) is 20.6 Å². The summed E-state index contributed by atoms with van der Waals surface area (Å²) in [6.07, 6.45) is 2.43. The molecule has 2 amide bonds. The number of carbonyl (C=O) groups is 2. The summed E-state index contributed by atoms with van der Waals surface area (Å²) in [4.78, 5) is 37.4. The standard InChI is InChI=1S/C31H27N5O4/c1-2-39-28-16-20(30-32-14-13-25(36-30)26-17-22-24(34-26)12-15-33-31(22)38)10-11-27(28)40-18-29(37)35-23-9-5-7-19-6-3-4-8-21(19)23/h3-11,13-14,16-17,34H,2,12,15,18H2,1H3,(H,33,38)(H,35,37). The first-order valence-corrected chi connectivity index (χ1v) is 13.1. The number of nitrogens with one attached hydrogen (secondary N) is 3. The zero-order valence-corrected chi connectivity index (χ0v) is 21.9. The Labute approximate surface area is 230 Å². The molecule has 3 heterocycles.